The van der Waals surface area contributed by atoms with E-state index in [9.17, 15) is 14.0 Å². The summed E-state index contributed by atoms with van der Waals surface area (Å²) in [7, 11) is 0. The molecule has 0 saturated carbocycles. The Morgan fingerprint density at radius 1 is 1.18 bits per heavy atom. The third kappa shape index (κ3) is 2.88. The Morgan fingerprint density at radius 3 is 2.64 bits per heavy atom. The van der Waals surface area contributed by atoms with Gasteiger partial charge in [0.05, 0.1) is 42.7 Å². The van der Waals surface area contributed by atoms with Gasteiger partial charge < -0.3 is 20.3 Å². The maximum Gasteiger partial charge on any atom is 0.414 e. The van der Waals surface area contributed by atoms with Crippen molar-refractivity contribution in [2.24, 2.45) is 0 Å². The number of nitrogens with one attached hydrogen (secondary N) is 2. The molecule has 2 N–H and O–H groups in total. The van der Waals surface area contributed by atoms with Crippen molar-refractivity contribution in [3.8, 4) is 0 Å². The lowest BCUT2D eigenvalue weighted by atomic mass is 10.2. The molecule has 146 valence electrons. The molecule has 0 aliphatic carbocycles. The zero-order valence-corrected chi connectivity index (χ0v) is 14.8. The van der Waals surface area contributed by atoms with Crippen LogP contribution in [0.1, 0.15) is 0 Å². The standard InChI is InChI=1S/C17H18FN7O3/c18-12-5-10(25-7-11(28-17(25)27)6-24-4-3-19-22-24)1-2-15(12)23-8-13-14(9-23)21-16(26)20-13/h1-5,11,13-14H,6-9H2,(H2,20,21,26)/t11-,13?,14?/m0/s1. The highest BCUT2D eigenvalue weighted by atomic mass is 19.1. The zero-order chi connectivity index (χ0) is 19.3. The number of nitrogens with zero attached hydrogens (tertiary/aromatic N) is 5. The maximum atomic E-state index is 14.8. The summed E-state index contributed by atoms with van der Waals surface area (Å²) in [6.07, 6.45) is 2.34. The Balaban J connectivity index is 1.29. The lowest BCUT2D eigenvalue weighted by Crippen LogP contribution is -2.34. The number of carbonyl (C=O) groups excluding carboxylic acids is 2. The van der Waals surface area contributed by atoms with Crippen molar-refractivity contribution in [3.63, 3.8) is 0 Å². The summed E-state index contributed by atoms with van der Waals surface area (Å²) in [5.41, 5.74) is 0.888. The molecule has 28 heavy (non-hydrogen) atoms. The van der Waals surface area contributed by atoms with Crippen LogP contribution >= 0.6 is 0 Å². The van der Waals surface area contributed by atoms with Crippen LogP contribution in [0.5, 0.6) is 0 Å². The smallest absolute Gasteiger partial charge is 0.414 e. The van der Waals surface area contributed by atoms with E-state index < -0.39 is 11.9 Å². The van der Waals surface area contributed by atoms with E-state index in [2.05, 4.69) is 20.9 Å². The van der Waals surface area contributed by atoms with Gasteiger partial charge in [0, 0.05) is 19.3 Å². The van der Waals surface area contributed by atoms with Gasteiger partial charge in [-0.3, -0.25) is 4.90 Å². The molecule has 1 aromatic heterocycles. The van der Waals surface area contributed by atoms with E-state index in [1.165, 1.54) is 11.0 Å². The normalized spacial score (nSPS) is 26.2. The van der Waals surface area contributed by atoms with Crippen molar-refractivity contribution in [1.29, 1.82) is 0 Å². The third-order valence-corrected chi connectivity index (χ3v) is 5.27. The fraction of sp³-hybridized carbons (Fsp3) is 0.412. The number of carbonyl (C=O) groups is 2. The topological polar surface area (TPSA) is 105 Å². The first-order valence-corrected chi connectivity index (χ1v) is 9.00. The second-order valence-electron chi connectivity index (χ2n) is 7.11. The molecule has 1 aromatic carbocycles. The van der Waals surface area contributed by atoms with Crippen LogP contribution in [0, 0.1) is 5.82 Å². The molecule has 3 fully saturated rings. The zero-order valence-electron chi connectivity index (χ0n) is 14.8. The molecule has 4 heterocycles. The van der Waals surface area contributed by atoms with E-state index in [-0.39, 0.29) is 24.2 Å². The number of fused-ring (bicyclic) bond motifs is 1. The van der Waals surface area contributed by atoms with Gasteiger partial charge in [0.1, 0.15) is 11.9 Å². The third-order valence-electron chi connectivity index (χ3n) is 5.27. The second kappa shape index (κ2) is 6.36. The molecular weight excluding hydrogens is 369 g/mol. The van der Waals surface area contributed by atoms with Crippen LogP contribution in [-0.4, -0.2) is 64.9 Å². The van der Waals surface area contributed by atoms with Gasteiger partial charge in [-0.2, -0.15) is 0 Å². The number of aromatic nitrogens is 3. The first-order valence-electron chi connectivity index (χ1n) is 9.00. The van der Waals surface area contributed by atoms with Gasteiger partial charge in [-0.05, 0) is 18.2 Å². The molecule has 3 aliphatic rings. The van der Waals surface area contributed by atoms with E-state index in [4.69, 9.17) is 4.74 Å². The first kappa shape index (κ1) is 16.8. The number of amides is 3. The van der Waals surface area contributed by atoms with Crippen LogP contribution in [-0.2, 0) is 11.3 Å². The number of halogens is 1. The summed E-state index contributed by atoms with van der Waals surface area (Å²) in [4.78, 5) is 26.8. The van der Waals surface area contributed by atoms with Crippen molar-refractivity contribution in [3.05, 3.63) is 36.4 Å². The first-order chi connectivity index (χ1) is 13.6. The Kier molecular flexibility index (Phi) is 3.81. The summed E-state index contributed by atoms with van der Waals surface area (Å²) < 4.78 is 21.7. The van der Waals surface area contributed by atoms with Gasteiger partial charge in [0.15, 0.2) is 0 Å². The van der Waals surface area contributed by atoms with Crippen LogP contribution in [0.15, 0.2) is 30.6 Å². The predicted octanol–water partition coefficient (Wildman–Crippen LogP) is 0.313. The molecule has 0 bridgehead atoms. The lowest BCUT2D eigenvalue weighted by molar-refractivity contribution is 0.129. The van der Waals surface area contributed by atoms with Gasteiger partial charge in [-0.15, -0.1) is 5.10 Å². The Labute approximate surface area is 159 Å². The molecule has 2 aromatic rings. The molecule has 0 radical (unpaired) electrons. The highest BCUT2D eigenvalue weighted by molar-refractivity contribution is 5.90. The van der Waals surface area contributed by atoms with Gasteiger partial charge >= 0.3 is 12.1 Å². The van der Waals surface area contributed by atoms with Crippen molar-refractivity contribution < 1.29 is 18.7 Å². The number of urea groups is 1. The van der Waals surface area contributed by atoms with Crippen molar-refractivity contribution >= 4 is 23.5 Å². The highest BCUT2D eigenvalue weighted by Gasteiger charge is 2.40. The minimum Gasteiger partial charge on any atom is -0.442 e. The van der Waals surface area contributed by atoms with Gasteiger partial charge in [0.25, 0.3) is 0 Å². The number of rotatable bonds is 4. The molecule has 11 heteroatoms. The van der Waals surface area contributed by atoms with Crippen LogP contribution in [0.3, 0.4) is 0 Å². The summed E-state index contributed by atoms with van der Waals surface area (Å²) in [6, 6.07) is 4.46. The number of cyclic esters (lactones) is 1. The summed E-state index contributed by atoms with van der Waals surface area (Å²) >= 11 is 0. The molecular formula is C17H18FN7O3. The van der Waals surface area contributed by atoms with Crippen LogP contribution in [0.4, 0.5) is 25.4 Å². The van der Waals surface area contributed by atoms with E-state index in [0.29, 0.717) is 37.6 Å². The molecule has 3 atom stereocenters. The highest BCUT2D eigenvalue weighted by Crippen LogP contribution is 2.30. The largest absolute Gasteiger partial charge is 0.442 e. The second-order valence-corrected chi connectivity index (χ2v) is 7.11. The fourth-order valence-corrected chi connectivity index (χ4v) is 3.96. The Hall–Kier alpha value is -3.37. The van der Waals surface area contributed by atoms with Gasteiger partial charge in [-0.1, -0.05) is 5.21 Å². The number of ether oxygens (including phenoxy) is 1. The van der Waals surface area contributed by atoms with Crippen LogP contribution < -0.4 is 20.4 Å². The molecule has 2 unspecified atom stereocenters. The van der Waals surface area contributed by atoms with E-state index in [0.717, 1.165) is 0 Å². The summed E-state index contributed by atoms with van der Waals surface area (Å²) in [5, 5.41) is 13.2. The monoisotopic (exact) mass is 387 g/mol. The van der Waals surface area contributed by atoms with Crippen molar-refractivity contribution in [1.82, 2.24) is 25.6 Å². The van der Waals surface area contributed by atoms with Crippen LogP contribution in [0.2, 0.25) is 0 Å². The fourth-order valence-electron chi connectivity index (χ4n) is 3.96. The molecule has 0 spiro atoms. The van der Waals surface area contributed by atoms with E-state index >= 15 is 0 Å². The maximum absolute atomic E-state index is 14.8. The van der Waals surface area contributed by atoms with E-state index in [1.54, 1.807) is 29.2 Å². The summed E-state index contributed by atoms with van der Waals surface area (Å²) in [6.45, 7) is 1.76. The number of hydrogen-bond donors (Lipinski definition) is 2. The van der Waals surface area contributed by atoms with Crippen molar-refractivity contribution in [2.75, 3.05) is 29.4 Å². The number of benzene rings is 1. The average Bonchev–Trinajstić information content (AvgIpc) is 3.40. The minimum absolute atomic E-state index is 0.0299. The Bertz CT molecular complexity index is 905. The molecule has 5 rings (SSSR count). The Morgan fingerprint density at radius 2 is 1.96 bits per heavy atom. The SMILES string of the molecule is O=C1NC2CN(c3ccc(N4C[C@H](Cn5ccnn5)OC4=O)cc3F)CC2N1. The molecule has 3 aliphatic heterocycles. The molecule has 3 saturated heterocycles. The minimum atomic E-state index is -0.514. The lowest BCUT2D eigenvalue weighted by Gasteiger charge is -2.21. The predicted molar refractivity (Wildman–Crippen MR) is 95.5 cm³/mol. The quantitative estimate of drug-likeness (QED) is 0.783. The average molecular weight is 387 g/mol. The number of hydrogen-bond acceptors (Lipinski definition) is 6. The van der Waals surface area contributed by atoms with Crippen molar-refractivity contribution in [2.45, 2.75) is 24.7 Å². The van der Waals surface area contributed by atoms with Gasteiger partial charge in [0.2, 0.25) is 0 Å². The molecule has 10 nitrogen and oxygen atoms in total. The van der Waals surface area contributed by atoms with Crippen LogP contribution in [0.25, 0.3) is 0 Å². The summed E-state index contributed by atoms with van der Waals surface area (Å²) in [5.74, 6) is -0.420. The number of anilines is 2. The molecule has 3 amide bonds. The van der Waals surface area contributed by atoms with E-state index in [1.807, 2.05) is 4.90 Å². The van der Waals surface area contributed by atoms with Gasteiger partial charge in [-0.25, -0.2) is 18.7 Å².